The molecule has 3 aromatic carbocycles. The summed E-state index contributed by atoms with van der Waals surface area (Å²) in [7, 11) is 0. The Morgan fingerprint density at radius 2 is 1.67 bits per heavy atom. The zero-order valence-corrected chi connectivity index (χ0v) is 27.2. The Balaban J connectivity index is 1.38. The predicted molar refractivity (Wildman–Crippen MR) is 181 cm³/mol. The first kappa shape index (κ1) is 33.1. The number of anilines is 2. The van der Waals surface area contributed by atoms with Gasteiger partial charge in [0, 0.05) is 43.6 Å². The molecule has 45 heavy (non-hydrogen) atoms. The van der Waals surface area contributed by atoms with E-state index in [0.717, 1.165) is 44.0 Å². The van der Waals surface area contributed by atoms with Crippen molar-refractivity contribution in [3.8, 4) is 5.75 Å². The van der Waals surface area contributed by atoms with Gasteiger partial charge in [-0.25, -0.2) is 4.79 Å². The van der Waals surface area contributed by atoms with Gasteiger partial charge < -0.3 is 20.1 Å². The number of urea groups is 1. The number of alkyl halides is 3. The van der Waals surface area contributed by atoms with Crippen LogP contribution in [0.5, 0.6) is 5.75 Å². The number of halogens is 3. The van der Waals surface area contributed by atoms with Crippen molar-refractivity contribution in [3.63, 3.8) is 0 Å². The van der Waals surface area contributed by atoms with Crippen molar-refractivity contribution >= 4 is 58.1 Å². The van der Waals surface area contributed by atoms with E-state index in [9.17, 15) is 9.59 Å². The highest BCUT2D eigenvalue weighted by Gasteiger charge is 2.41. The fourth-order valence-electron chi connectivity index (χ4n) is 5.64. The summed E-state index contributed by atoms with van der Waals surface area (Å²) in [6.07, 6.45) is 3.74. The summed E-state index contributed by atoms with van der Waals surface area (Å²) >= 11 is 17.9. The lowest BCUT2D eigenvalue weighted by Crippen LogP contribution is -2.51. The minimum absolute atomic E-state index is 0.288. The van der Waals surface area contributed by atoms with Crippen molar-refractivity contribution in [2.24, 2.45) is 0 Å². The number of morpholine rings is 1. The quantitative estimate of drug-likeness (QED) is 0.177. The largest absolute Gasteiger partial charge is 0.492 e. The molecule has 1 aliphatic heterocycles. The number of nitrogens with zero attached hydrogens (tertiary/aromatic N) is 2. The second kappa shape index (κ2) is 15.3. The maximum absolute atomic E-state index is 13.8. The number of ether oxygens (including phenoxy) is 2. The molecule has 1 fully saturated rings. The van der Waals surface area contributed by atoms with Crippen LogP contribution in [-0.4, -0.2) is 72.2 Å². The molecule has 3 aromatic rings. The molecule has 0 bridgehead atoms. The van der Waals surface area contributed by atoms with Gasteiger partial charge >= 0.3 is 6.03 Å². The topological polar surface area (TPSA) is 83.1 Å². The van der Waals surface area contributed by atoms with Crippen molar-refractivity contribution in [2.75, 3.05) is 56.2 Å². The van der Waals surface area contributed by atoms with Crippen LogP contribution in [0.15, 0.2) is 96.6 Å². The molecule has 0 spiro atoms. The molecule has 238 valence electrons. The number of rotatable bonds is 11. The molecule has 1 atom stereocenters. The first-order valence-corrected chi connectivity index (χ1v) is 16.1. The van der Waals surface area contributed by atoms with E-state index in [1.54, 1.807) is 4.90 Å². The fourth-order valence-corrected chi connectivity index (χ4v) is 5.78. The summed E-state index contributed by atoms with van der Waals surface area (Å²) in [5, 5.41) is 6.00. The van der Waals surface area contributed by atoms with E-state index < -0.39 is 15.2 Å². The Morgan fingerprint density at radius 1 is 0.956 bits per heavy atom. The van der Waals surface area contributed by atoms with Crippen LogP contribution in [0.25, 0.3) is 0 Å². The normalized spacial score (nSPS) is 18.6. The molecule has 11 heteroatoms. The van der Waals surface area contributed by atoms with Crippen molar-refractivity contribution in [3.05, 3.63) is 102 Å². The van der Waals surface area contributed by atoms with Crippen LogP contribution in [0.2, 0.25) is 0 Å². The lowest BCUT2D eigenvalue weighted by Gasteiger charge is -2.30. The van der Waals surface area contributed by atoms with E-state index in [4.69, 9.17) is 44.3 Å². The van der Waals surface area contributed by atoms with Gasteiger partial charge in [0.05, 0.1) is 18.8 Å². The Kier molecular flexibility index (Phi) is 11.3. The number of nitrogens with one attached hydrogen (secondary N) is 2. The van der Waals surface area contributed by atoms with Crippen molar-refractivity contribution in [2.45, 2.75) is 28.6 Å². The predicted octanol–water partition coefficient (Wildman–Crippen LogP) is 6.62. The van der Waals surface area contributed by atoms with Crippen LogP contribution in [0, 0.1) is 0 Å². The Morgan fingerprint density at radius 3 is 2.38 bits per heavy atom. The summed E-state index contributed by atoms with van der Waals surface area (Å²) in [6, 6.07) is 26.4. The highest BCUT2D eigenvalue weighted by atomic mass is 35.6. The summed E-state index contributed by atoms with van der Waals surface area (Å²) in [4.78, 5) is 30.7. The van der Waals surface area contributed by atoms with Gasteiger partial charge in [-0.1, -0.05) is 101 Å². The standard InChI is InChI=1S/C34H37Cl3N4O4/c35-34(36,37)31(42)39-33(23-26-8-3-1-4-9-26)15-14-27(24-33)25-41(32(43)38-28-10-5-2-6-11-28)29-12-7-13-30(22-29)45-21-18-40-16-19-44-20-17-40/h1-13,22,24H,14-21,23,25H2,(H,38,43)(H,39,42)/t33-/m0/s1. The number of carbonyl (C=O) groups excluding carboxylic acids is 2. The molecule has 8 nitrogen and oxygen atoms in total. The number of hydrogen-bond acceptors (Lipinski definition) is 5. The highest BCUT2D eigenvalue weighted by molar-refractivity contribution is 6.76. The van der Waals surface area contributed by atoms with Crippen LogP contribution in [0.4, 0.5) is 16.2 Å². The molecule has 0 unspecified atom stereocenters. The van der Waals surface area contributed by atoms with E-state index in [2.05, 4.69) is 15.5 Å². The molecule has 0 saturated carbocycles. The van der Waals surface area contributed by atoms with Crippen molar-refractivity contribution in [1.29, 1.82) is 0 Å². The Hall–Kier alpha value is -3.27. The lowest BCUT2D eigenvalue weighted by atomic mass is 9.90. The summed E-state index contributed by atoms with van der Waals surface area (Å²) in [5.41, 5.74) is 2.57. The van der Waals surface area contributed by atoms with Gasteiger partial charge in [0.2, 0.25) is 0 Å². The van der Waals surface area contributed by atoms with E-state index in [0.29, 0.717) is 43.0 Å². The molecule has 0 radical (unpaired) electrons. The zero-order chi connectivity index (χ0) is 31.7. The molecule has 1 saturated heterocycles. The molecule has 2 N–H and O–H groups in total. The number of para-hydroxylation sites is 1. The minimum atomic E-state index is -2.11. The lowest BCUT2D eigenvalue weighted by molar-refractivity contribution is -0.121. The van der Waals surface area contributed by atoms with Crippen molar-refractivity contribution in [1.82, 2.24) is 10.2 Å². The van der Waals surface area contributed by atoms with E-state index in [-0.39, 0.29) is 12.6 Å². The SMILES string of the molecule is O=C(Nc1ccccc1)N(CC1=C[C@](Cc2ccccc2)(NC(=O)C(Cl)(Cl)Cl)CC1)c1cccc(OCCN2CCOCC2)c1. The van der Waals surface area contributed by atoms with Crippen molar-refractivity contribution < 1.29 is 19.1 Å². The average Bonchev–Trinajstić information content (AvgIpc) is 3.42. The summed E-state index contributed by atoms with van der Waals surface area (Å²) < 4.78 is 9.43. The van der Waals surface area contributed by atoms with E-state index in [1.165, 1.54) is 0 Å². The molecular formula is C34H37Cl3N4O4. The second-order valence-electron chi connectivity index (χ2n) is 11.3. The van der Waals surface area contributed by atoms with Gasteiger partial charge in [-0.05, 0) is 49.1 Å². The zero-order valence-electron chi connectivity index (χ0n) is 24.9. The molecule has 1 aliphatic carbocycles. The Bertz CT molecular complexity index is 1460. The smallest absolute Gasteiger partial charge is 0.326 e. The minimum Gasteiger partial charge on any atom is -0.492 e. The van der Waals surface area contributed by atoms with Crippen LogP contribution in [0.3, 0.4) is 0 Å². The third-order valence-electron chi connectivity index (χ3n) is 7.90. The second-order valence-corrected chi connectivity index (χ2v) is 13.5. The van der Waals surface area contributed by atoms with Crippen LogP contribution in [0.1, 0.15) is 18.4 Å². The van der Waals surface area contributed by atoms with Crippen LogP contribution < -0.4 is 20.3 Å². The van der Waals surface area contributed by atoms with E-state index >= 15 is 0 Å². The highest BCUT2D eigenvalue weighted by Crippen LogP contribution is 2.36. The summed E-state index contributed by atoms with van der Waals surface area (Å²) in [6.45, 7) is 4.85. The van der Waals surface area contributed by atoms with Crippen LogP contribution >= 0.6 is 34.8 Å². The van der Waals surface area contributed by atoms with Gasteiger partial charge in [-0.3, -0.25) is 14.6 Å². The van der Waals surface area contributed by atoms with Crippen LogP contribution in [-0.2, 0) is 16.0 Å². The van der Waals surface area contributed by atoms with E-state index in [1.807, 2.05) is 91.0 Å². The molecule has 2 aliphatic rings. The van der Waals surface area contributed by atoms with Gasteiger partial charge in [0.25, 0.3) is 9.70 Å². The third kappa shape index (κ3) is 9.61. The fraction of sp³-hybridized carbons (Fsp3) is 0.353. The maximum atomic E-state index is 13.8. The number of hydrogen-bond donors (Lipinski definition) is 2. The summed E-state index contributed by atoms with van der Waals surface area (Å²) in [5.74, 6) is -0.0198. The first-order valence-electron chi connectivity index (χ1n) is 15.0. The number of amides is 3. The third-order valence-corrected chi connectivity index (χ3v) is 8.41. The first-order chi connectivity index (χ1) is 21.7. The van der Waals surface area contributed by atoms with Gasteiger partial charge in [0.15, 0.2) is 0 Å². The molecule has 5 rings (SSSR count). The monoisotopic (exact) mass is 670 g/mol. The molecular weight excluding hydrogens is 635 g/mol. The Labute approximate surface area is 279 Å². The average molecular weight is 672 g/mol. The number of carbonyl (C=O) groups is 2. The van der Waals surface area contributed by atoms with Gasteiger partial charge in [0.1, 0.15) is 12.4 Å². The molecule has 1 heterocycles. The van der Waals surface area contributed by atoms with Gasteiger partial charge in [-0.15, -0.1) is 0 Å². The van der Waals surface area contributed by atoms with Gasteiger partial charge in [-0.2, -0.15) is 0 Å². The molecule has 3 amide bonds. The number of benzene rings is 3. The maximum Gasteiger partial charge on any atom is 0.326 e. The molecule has 0 aromatic heterocycles.